The third kappa shape index (κ3) is 1.47. The molecule has 0 amide bonds. The molecule has 0 saturated carbocycles. The second-order valence-electron chi connectivity index (χ2n) is 2.16. The zero-order valence-electron chi connectivity index (χ0n) is 5.96. The lowest BCUT2D eigenvalue weighted by molar-refractivity contribution is -0.0952. The zero-order chi connectivity index (χ0) is 8.48. The van der Waals surface area contributed by atoms with E-state index in [0.717, 1.165) is 12.4 Å². The number of aromatic hydroxyl groups is 1. The Bertz CT molecular complexity index is 246. The third-order valence-corrected chi connectivity index (χ3v) is 1.33. The summed E-state index contributed by atoms with van der Waals surface area (Å²) in [4.78, 5) is 0. The van der Waals surface area contributed by atoms with Crippen LogP contribution >= 0.6 is 0 Å². The summed E-state index contributed by atoms with van der Waals surface area (Å²) in [7, 11) is 0. The third-order valence-electron chi connectivity index (χ3n) is 1.33. The fourth-order valence-electron chi connectivity index (χ4n) is 0.654. The maximum Gasteiger partial charge on any atom is 0.343 e. The van der Waals surface area contributed by atoms with Gasteiger partial charge in [0.05, 0.1) is 12.4 Å². The van der Waals surface area contributed by atoms with Crippen LogP contribution in [0, 0.1) is 0 Å². The summed E-state index contributed by atoms with van der Waals surface area (Å²) >= 11 is 0. The van der Waals surface area contributed by atoms with Gasteiger partial charge in [-0.2, -0.15) is 13.9 Å². The molecule has 0 spiro atoms. The molecule has 62 valence electrons. The average Bonchev–Trinajstić information content (AvgIpc) is 2.36. The number of hydrogen-bond donors (Lipinski definition) is 1. The molecule has 0 fully saturated rings. The first-order chi connectivity index (χ1) is 5.06. The molecule has 1 rings (SSSR count). The van der Waals surface area contributed by atoms with E-state index in [2.05, 4.69) is 5.10 Å². The maximum atomic E-state index is 12.7. The molecular formula is C6H8F2N2O. The van der Waals surface area contributed by atoms with Crippen molar-refractivity contribution in [3.05, 3.63) is 12.4 Å². The Morgan fingerprint density at radius 1 is 1.73 bits per heavy atom. The van der Waals surface area contributed by atoms with E-state index in [9.17, 15) is 8.78 Å². The van der Waals surface area contributed by atoms with E-state index in [1.807, 2.05) is 0 Å². The number of rotatable bonds is 2. The Hall–Kier alpha value is -1.13. The molecule has 0 bridgehead atoms. The number of nitrogens with zero attached hydrogens (tertiary/aromatic N) is 2. The van der Waals surface area contributed by atoms with Crippen LogP contribution in [0.5, 0.6) is 5.75 Å². The van der Waals surface area contributed by atoms with Gasteiger partial charge in [0.25, 0.3) is 0 Å². The van der Waals surface area contributed by atoms with E-state index in [4.69, 9.17) is 5.11 Å². The molecule has 0 aliphatic rings. The van der Waals surface area contributed by atoms with Gasteiger partial charge in [-0.15, -0.1) is 0 Å². The SMILES string of the molecule is CCC(F)(F)n1cc(O)cn1. The minimum Gasteiger partial charge on any atom is -0.505 e. The van der Waals surface area contributed by atoms with Crippen molar-refractivity contribution in [1.82, 2.24) is 9.78 Å². The second kappa shape index (κ2) is 2.48. The molecule has 0 aromatic carbocycles. The first-order valence-electron chi connectivity index (χ1n) is 3.18. The van der Waals surface area contributed by atoms with Crippen molar-refractivity contribution in [2.45, 2.75) is 19.4 Å². The van der Waals surface area contributed by atoms with Gasteiger partial charge in [0.1, 0.15) is 0 Å². The van der Waals surface area contributed by atoms with Gasteiger partial charge >= 0.3 is 6.05 Å². The Morgan fingerprint density at radius 3 is 2.73 bits per heavy atom. The molecule has 0 radical (unpaired) electrons. The fraction of sp³-hybridized carbons (Fsp3) is 0.500. The molecule has 0 unspecified atom stereocenters. The first-order valence-corrected chi connectivity index (χ1v) is 3.18. The van der Waals surface area contributed by atoms with Crippen molar-refractivity contribution >= 4 is 0 Å². The standard InChI is InChI=1S/C6H8F2N2O/c1-2-6(7,8)10-4-5(11)3-9-10/h3-4,11H,2H2,1H3. The van der Waals surface area contributed by atoms with Gasteiger partial charge in [-0.1, -0.05) is 6.92 Å². The van der Waals surface area contributed by atoms with E-state index in [1.54, 1.807) is 0 Å². The topological polar surface area (TPSA) is 38.0 Å². The lowest BCUT2D eigenvalue weighted by Gasteiger charge is -2.12. The van der Waals surface area contributed by atoms with Crippen LogP contribution in [0.3, 0.4) is 0 Å². The molecule has 0 aliphatic carbocycles. The van der Waals surface area contributed by atoms with Crippen LogP contribution in [-0.4, -0.2) is 14.9 Å². The molecule has 1 aromatic heterocycles. The summed E-state index contributed by atoms with van der Waals surface area (Å²) < 4.78 is 25.8. The number of hydrogen-bond acceptors (Lipinski definition) is 2. The Morgan fingerprint density at radius 2 is 2.36 bits per heavy atom. The molecule has 5 heteroatoms. The highest BCUT2D eigenvalue weighted by molar-refractivity contribution is 5.09. The highest BCUT2D eigenvalue weighted by Crippen LogP contribution is 2.24. The average molecular weight is 162 g/mol. The van der Waals surface area contributed by atoms with Gasteiger partial charge in [0.15, 0.2) is 5.75 Å². The summed E-state index contributed by atoms with van der Waals surface area (Å²) in [5.41, 5.74) is 0. The van der Waals surface area contributed by atoms with Crippen LogP contribution in [-0.2, 0) is 6.05 Å². The van der Waals surface area contributed by atoms with Crippen molar-refractivity contribution in [1.29, 1.82) is 0 Å². The maximum absolute atomic E-state index is 12.7. The Labute approximate surface area is 62.3 Å². The summed E-state index contributed by atoms with van der Waals surface area (Å²) in [6.45, 7) is 1.35. The van der Waals surface area contributed by atoms with Gasteiger partial charge in [-0.05, 0) is 0 Å². The van der Waals surface area contributed by atoms with E-state index in [1.165, 1.54) is 6.92 Å². The van der Waals surface area contributed by atoms with Crippen LogP contribution in [0.2, 0.25) is 0 Å². The van der Waals surface area contributed by atoms with Gasteiger partial charge < -0.3 is 5.11 Å². The highest BCUT2D eigenvalue weighted by atomic mass is 19.3. The van der Waals surface area contributed by atoms with E-state index in [-0.39, 0.29) is 12.2 Å². The number of aromatic nitrogens is 2. The minimum absolute atomic E-state index is 0.252. The van der Waals surface area contributed by atoms with Gasteiger partial charge in [0.2, 0.25) is 0 Å². The lowest BCUT2D eigenvalue weighted by atomic mass is 10.4. The molecule has 3 nitrogen and oxygen atoms in total. The van der Waals surface area contributed by atoms with Crippen LogP contribution in [0.25, 0.3) is 0 Å². The van der Waals surface area contributed by atoms with E-state index >= 15 is 0 Å². The van der Waals surface area contributed by atoms with E-state index in [0.29, 0.717) is 4.68 Å². The van der Waals surface area contributed by atoms with Crippen LogP contribution in [0.15, 0.2) is 12.4 Å². The molecule has 0 saturated heterocycles. The second-order valence-corrected chi connectivity index (χ2v) is 2.16. The van der Waals surface area contributed by atoms with Gasteiger partial charge in [-0.3, -0.25) is 0 Å². The zero-order valence-corrected chi connectivity index (χ0v) is 5.96. The van der Waals surface area contributed by atoms with Crippen molar-refractivity contribution < 1.29 is 13.9 Å². The van der Waals surface area contributed by atoms with Crippen molar-refractivity contribution in [3.8, 4) is 5.75 Å². The fourth-order valence-corrected chi connectivity index (χ4v) is 0.654. The smallest absolute Gasteiger partial charge is 0.343 e. The monoisotopic (exact) mass is 162 g/mol. The molecule has 0 atom stereocenters. The molecule has 1 N–H and O–H groups in total. The largest absolute Gasteiger partial charge is 0.505 e. The van der Waals surface area contributed by atoms with Gasteiger partial charge in [0, 0.05) is 6.42 Å². The molecule has 0 aliphatic heterocycles. The molecular weight excluding hydrogens is 154 g/mol. The molecule has 1 aromatic rings. The summed E-state index contributed by atoms with van der Waals surface area (Å²) in [6.07, 6.45) is 1.53. The summed E-state index contributed by atoms with van der Waals surface area (Å²) in [6, 6.07) is -3.00. The Kier molecular flexibility index (Phi) is 1.80. The normalized spacial score (nSPS) is 11.9. The van der Waals surface area contributed by atoms with Crippen LogP contribution in [0.4, 0.5) is 8.78 Å². The minimum atomic E-state index is -3.00. The summed E-state index contributed by atoms with van der Waals surface area (Å²) in [5, 5.41) is 12.0. The first kappa shape index (κ1) is 7.97. The van der Waals surface area contributed by atoms with Crippen LogP contribution < -0.4 is 0 Å². The number of halogens is 2. The van der Waals surface area contributed by atoms with Crippen molar-refractivity contribution in [3.63, 3.8) is 0 Å². The highest BCUT2D eigenvalue weighted by Gasteiger charge is 2.29. The predicted molar refractivity (Wildman–Crippen MR) is 34.4 cm³/mol. The number of alkyl halides is 2. The van der Waals surface area contributed by atoms with Crippen LogP contribution in [0.1, 0.15) is 13.3 Å². The predicted octanol–water partition coefficient (Wildman–Crippen LogP) is 1.55. The molecule has 11 heavy (non-hydrogen) atoms. The van der Waals surface area contributed by atoms with Gasteiger partial charge in [-0.25, -0.2) is 4.68 Å². The van der Waals surface area contributed by atoms with Crippen molar-refractivity contribution in [2.24, 2.45) is 0 Å². The summed E-state index contributed by atoms with van der Waals surface area (Å²) in [5.74, 6) is -0.252. The lowest BCUT2D eigenvalue weighted by Crippen LogP contribution is -2.21. The Balaban J connectivity index is 2.92. The van der Waals surface area contributed by atoms with Crippen molar-refractivity contribution in [2.75, 3.05) is 0 Å². The molecule has 1 heterocycles. The quantitative estimate of drug-likeness (QED) is 0.716. The van der Waals surface area contributed by atoms with E-state index < -0.39 is 6.05 Å².